The van der Waals surface area contributed by atoms with Gasteiger partial charge in [0.25, 0.3) is 5.56 Å². The number of aromatic nitrogens is 2. The van der Waals surface area contributed by atoms with Gasteiger partial charge in [0, 0.05) is 17.8 Å². The Hall–Kier alpha value is -1.88. The molecule has 1 N–H and O–H groups in total. The van der Waals surface area contributed by atoms with Crippen molar-refractivity contribution in [2.75, 3.05) is 0 Å². The fraction of sp³-hybridized carbons (Fsp3) is 0.0909. The molecule has 0 bridgehead atoms. The lowest BCUT2D eigenvalue weighted by Gasteiger charge is -2.10. The van der Waals surface area contributed by atoms with E-state index in [0.717, 1.165) is 16.8 Å². The molecular weight excluding hydrogens is 247 g/mol. The Bertz CT molecular complexity index is 640. The summed E-state index contributed by atoms with van der Waals surface area (Å²) in [7, 11) is 0. The molecule has 0 spiro atoms. The quantitative estimate of drug-likeness (QED) is 0.793. The van der Waals surface area contributed by atoms with Gasteiger partial charge in [-0.05, 0) is 13.0 Å². The van der Waals surface area contributed by atoms with Crippen LogP contribution in [0.2, 0.25) is 5.15 Å². The van der Waals surface area contributed by atoms with Crippen LogP contribution in [0.25, 0.3) is 5.69 Å². The number of hydrogen-bond acceptors (Lipinski definition) is 3. The average Bonchev–Trinajstić information content (AvgIpc) is 2.21. The topological polar surface area (TPSA) is 55.1 Å². The highest BCUT2D eigenvalue weighted by molar-refractivity contribution is 6.29. The molecule has 0 aromatic carbocycles. The molecule has 2 aromatic heterocycles. The SMILES string of the molecule is Cc1cc(O)cc(=O)n1-c1cc(Cl)ncc1F. The summed E-state index contributed by atoms with van der Waals surface area (Å²) in [6.07, 6.45) is 0.941. The number of aromatic hydroxyl groups is 1. The molecule has 0 aliphatic carbocycles. The van der Waals surface area contributed by atoms with E-state index in [0.29, 0.717) is 5.69 Å². The highest BCUT2D eigenvalue weighted by Crippen LogP contribution is 2.18. The minimum atomic E-state index is -0.662. The Labute approximate surface area is 101 Å². The second-order valence-electron chi connectivity index (χ2n) is 3.49. The molecule has 0 atom stereocenters. The van der Waals surface area contributed by atoms with Gasteiger partial charge in [-0.15, -0.1) is 0 Å². The summed E-state index contributed by atoms with van der Waals surface area (Å²) in [6, 6.07) is 3.61. The van der Waals surface area contributed by atoms with Gasteiger partial charge in [-0.3, -0.25) is 9.36 Å². The van der Waals surface area contributed by atoms with Crippen LogP contribution in [-0.4, -0.2) is 14.7 Å². The molecule has 2 aromatic rings. The second kappa shape index (κ2) is 4.18. The normalized spacial score (nSPS) is 10.5. The zero-order valence-electron chi connectivity index (χ0n) is 8.82. The van der Waals surface area contributed by atoms with E-state index in [1.165, 1.54) is 12.1 Å². The van der Waals surface area contributed by atoms with Crippen LogP contribution in [0.3, 0.4) is 0 Å². The molecular formula is C11H8ClFN2O2. The molecule has 0 saturated carbocycles. The molecule has 4 nitrogen and oxygen atoms in total. The summed E-state index contributed by atoms with van der Waals surface area (Å²) in [5.74, 6) is -0.824. The van der Waals surface area contributed by atoms with Gasteiger partial charge in [-0.25, -0.2) is 9.37 Å². The van der Waals surface area contributed by atoms with Crippen molar-refractivity contribution in [3.05, 3.63) is 51.4 Å². The zero-order chi connectivity index (χ0) is 12.6. The summed E-state index contributed by atoms with van der Waals surface area (Å²) in [5, 5.41) is 9.33. The van der Waals surface area contributed by atoms with E-state index in [1.807, 2.05) is 0 Å². The highest BCUT2D eigenvalue weighted by atomic mass is 35.5. The Morgan fingerprint density at radius 2 is 2.12 bits per heavy atom. The molecule has 2 heterocycles. The van der Waals surface area contributed by atoms with Crippen LogP contribution in [-0.2, 0) is 0 Å². The Kier molecular flexibility index (Phi) is 2.85. The van der Waals surface area contributed by atoms with E-state index in [2.05, 4.69) is 4.98 Å². The monoisotopic (exact) mass is 254 g/mol. The number of pyridine rings is 2. The molecule has 0 saturated heterocycles. The van der Waals surface area contributed by atoms with Crippen molar-refractivity contribution in [2.45, 2.75) is 6.92 Å². The second-order valence-corrected chi connectivity index (χ2v) is 3.87. The van der Waals surface area contributed by atoms with Gasteiger partial charge in [0.2, 0.25) is 0 Å². The van der Waals surface area contributed by atoms with E-state index in [4.69, 9.17) is 11.6 Å². The molecule has 0 unspecified atom stereocenters. The smallest absolute Gasteiger partial charge is 0.259 e. The van der Waals surface area contributed by atoms with Gasteiger partial charge in [-0.2, -0.15) is 0 Å². The molecule has 0 aliphatic rings. The van der Waals surface area contributed by atoms with Crippen LogP contribution in [0.1, 0.15) is 5.69 Å². The number of rotatable bonds is 1. The predicted molar refractivity (Wildman–Crippen MR) is 61.2 cm³/mol. The fourth-order valence-electron chi connectivity index (χ4n) is 1.57. The van der Waals surface area contributed by atoms with Crippen LogP contribution in [0.15, 0.2) is 29.2 Å². The lowest BCUT2D eigenvalue weighted by atomic mass is 10.3. The average molecular weight is 255 g/mol. The van der Waals surface area contributed by atoms with Gasteiger partial charge < -0.3 is 5.11 Å². The van der Waals surface area contributed by atoms with Crippen LogP contribution in [0.4, 0.5) is 4.39 Å². The number of halogens is 2. The minimum Gasteiger partial charge on any atom is -0.508 e. The largest absolute Gasteiger partial charge is 0.508 e. The molecule has 6 heteroatoms. The molecule has 0 aliphatic heterocycles. The Balaban J connectivity index is 2.77. The number of aryl methyl sites for hydroxylation is 1. The van der Waals surface area contributed by atoms with Gasteiger partial charge in [0.1, 0.15) is 10.9 Å². The lowest BCUT2D eigenvalue weighted by molar-refractivity contribution is 0.471. The van der Waals surface area contributed by atoms with Crippen molar-refractivity contribution in [1.82, 2.24) is 9.55 Å². The first-order chi connectivity index (χ1) is 7.99. The summed E-state index contributed by atoms with van der Waals surface area (Å²) in [6.45, 7) is 1.58. The van der Waals surface area contributed by atoms with Crippen LogP contribution in [0.5, 0.6) is 5.75 Å². The van der Waals surface area contributed by atoms with Gasteiger partial charge in [-0.1, -0.05) is 11.6 Å². The van der Waals surface area contributed by atoms with E-state index >= 15 is 0 Å². The maximum atomic E-state index is 13.6. The van der Waals surface area contributed by atoms with E-state index in [9.17, 15) is 14.3 Å². The van der Waals surface area contributed by atoms with Crippen LogP contribution >= 0.6 is 11.6 Å². The zero-order valence-corrected chi connectivity index (χ0v) is 9.57. The maximum Gasteiger partial charge on any atom is 0.259 e. The van der Waals surface area contributed by atoms with E-state index in [1.54, 1.807) is 6.92 Å². The van der Waals surface area contributed by atoms with Crippen molar-refractivity contribution < 1.29 is 9.50 Å². The van der Waals surface area contributed by atoms with Gasteiger partial charge in [0.05, 0.1) is 11.9 Å². The van der Waals surface area contributed by atoms with Gasteiger partial charge >= 0.3 is 0 Å². The Morgan fingerprint density at radius 3 is 2.76 bits per heavy atom. The first-order valence-electron chi connectivity index (χ1n) is 4.73. The van der Waals surface area contributed by atoms with Crippen molar-refractivity contribution in [3.63, 3.8) is 0 Å². The summed E-state index contributed by atoms with van der Waals surface area (Å²) >= 11 is 5.66. The van der Waals surface area contributed by atoms with Crippen molar-refractivity contribution in [3.8, 4) is 11.4 Å². The predicted octanol–water partition coefficient (Wildman–Crippen LogP) is 2.04. The molecule has 2 rings (SSSR count). The van der Waals surface area contributed by atoms with Crippen molar-refractivity contribution in [1.29, 1.82) is 0 Å². The van der Waals surface area contributed by atoms with E-state index < -0.39 is 11.4 Å². The highest BCUT2D eigenvalue weighted by Gasteiger charge is 2.11. The standard InChI is InChI=1S/C11H8ClFN2O2/c1-6-2-7(16)3-11(17)15(6)9-4-10(12)14-5-8(9)13/h2-5,16H,1H3. The molecule has 0 radical (unpaired) electrons. The van der Waals surface area contributed by atoms with Crippen molar-refractivity contribution >= 4 is 11.6 Å². The van der Waals surface area contributed by atoms with Crippen LogP contribution < -0.4 is 5.56 Å². The van der Waals surface area contributed by atoms with Crippen LogP contribution in [0, 0.1) is 12.7 Å². The third-order valence-corrected chi connectivity index (χ3v) is 2.45. The number of nitrogens with zero attached hydrogens (tertiary/aromatic N) is 2. The summed E-state index contributed by atoms with van der Waals surface area (Å²) < 4.78 is 14.7. The van der Waals surface area contributed by atoms with Gasteiger partial charge in [0.15, 0.2) is 5.82 Å². The lowest BCUT2D eigenvalue weighted by Crippen LogP contribution is -2.20. The number of hydrogen-bond donors (Lipinski definition) is 1. The molecule has 0 amide bonds. The van der Waals surface area contributed by atoms with E-state index in [-0.39, 0.29) is 16.6 Å². The molecule has 88 valence electrons. The third kappa shape index (κ3) is 2.14. The Morgan fingerprint density at radius 1 is 1.41 bits per heavy atom. The minimum absolute atomic E-state index is 0.00694. The summed E-state index contributed by atoms with van der Waals surface area (Å²) in [5.41, 5.74) is -0.132. The maximum absolute atomic E-state index is 13.6. The summed E-state index contributed by atoms with van der Waals surface area (Å²) in [4.78, 5) is 15.3. The fourth-order valence-corrected chi connectivity index (χ4v) is 1.72. The third-order valence-electron chi connectivity index (χ3n) is 2.24. The first kappa shape index (κ1) is 11.6. The first-order valence-corrected chi connectivity index (χ1v) is 5.11. The molecule has 0 fully saturated rings. The molecule has 17 heavy (non-hydrogen) atoms. The van der Waals surface area contributed by atoms with Crippen molar-refractivity contribution in [2.24, 2.45) is 0 Å².